The Balaban J connectivity index is 1.77. The number of nitrogens with one attached hydrogen (secondary N) is 1. The van der Waals surface area contributed by atoms with E-state index in [-0.39, 0.29) is 29.4 Å². The Labute approximate surface area is 196 Å². The standard InChI is InChI=1S/C19H16Cl2F4N2O5S/c1-18(8-27(9-18)10-3-4-15(13(21)5-10)32-19(23,24)25)31-16-7-14(22)12(20)6-11(16)17(28)26-33(2,29)30/h3-7H,8-9H2,1-2H3,(H,26,28). The van der Waals surface area contributed by atoms with Gasteiger partial charge in [0, 0.05) is 11.8 Å². The van der Waals surface area contributed by atoms with Gasteiger partial charge in [0.05, 0.1) is 35.0 Å². The number of halogens is 6. The number of anilines is 1. The summed E-state index contributed by atoms with van der Waals surface area (Å²) in [6.45, 7) is 2.04. The number of hydrogen-bond acceptors (Lipinski definition) is 6. The second-order valence-electron chi connectivity index (χ2n) is 7.54. The van der Waals surface area contributed by atoms with E-state index in [0.717, 1.165) is 24.5 Å². The van der Waals surface area contributed by atoms with E-state index in [2.05, 4.69) is 4.74 Å². The van der Waals surface area contributed by atoms with Crippen LogP contribution in [-0.4, -0.2) is 45.6 Å². The van der Waals surface area contributed by atoms with E-state index >= 15 is 0 Å². The summed E-state index contributed by atoms with van der Waals surface area (Å²) in [4.78, 5) is 14.0. The normalized spacial score (nSPS) is 15.6. The summed E-state index contributed by atoms with van der Waals surface area (Å²) in [5.74, 6) is -2.71. The molecule has 3 rings (SSSR count). The summed E-state index contributed by atoms with van der Waals surface area (Å²) in [6, 6.07) is 5.55. The minimum Gasteiger partial charge on any atom is -0.483 e. The minimum absolute atomic E-state index is 0.195. The van der Waals surface area contributed by atoms with E-state index in [1.807, 2.05) is 0 Å². The molecule has 0 aliphatic carbocycles. The van der Waals surface area contributed by atoms with Crippen molar-refractivity contribution < 1.29 is 40.2 Å². The molecule has 1 saturated heterocycles. The first-order valence-corrected chi connectivity index (χ1v) is 11.7. The highest BCUT2D eigenvalue weighted by molar-refractivity contribution is 7.89. The molecule has 14 heteroatoms. The molecular weight excluding hydrogens is 515 g/mol. The monoisotopic (exact) mass is 530 g/mol. The topological polar surface area (TPSA) is 84.9 Å². The highest BCUT2D eigenvalue weighted by atomic mass is 35.5. The van der Waals surface area contributed by atoms with Crippen molar-refractivity contribution in [1.29, 1.82) is 0 Å². The molecule has 7 nitrogen and oxygen atoms in total. The van der Waals surface area contributed by atoms with Crippen LogP contribution in [0.4, 0.5) is 23.2 Å². The van der Waals surface area contributed by atoms with Gasteiger partial charge in [0.15, 0.2) is 0 Å². The minimum atomic E-state index is -4.89. The van der Waals surface area contributed by atoms with Gasteiger partial charge in [0.2, 0.25) is 10.0 Å². The summed E-state index contributed by atoms with van der Waals surface area (Å²) in [5.41, 5.74) is -0.760. The van der Waals surface area contributed by atoms with E-state index in [0.29, 0.717) is 5.69 Å². The number of hydrogen-bond donors (Lipinski definition) is 1. The third kappa shape index (κ3) is 6.33. The zero-order chi connectivity index (χ0) is 24.8. The van der Waals surface area contributed by atoms with Crippen LogP contribution in [-0.2, 0) is 10.0 Å². The maximum absolute atomic E-state index is 14.0. The molecule has 0 atom stereocenters. The first-order valence-electron chi connectivity index (χ1n) is 9.06. The SMILES string of the molecule is CC1(Oc2cc(F)c(Cl)cc2C(=O)NS(C)(=O)=O)CN(c2ccc(OC(F)(F)F)c(Cl)c2)C1. The van der Waals surface area contributed by atoms with Crippen molar-refractivity contribution >= 4 is 44.8 Å². The molecule has 180 valence electrons. The number of benzene rings is 2. The number of ether oxygens (including phenoxy) is 2. The fraction of sp³-hybridized carbons (Fsp3) is 0.316. The molecule has 1 heterocycles. The Morgan fingerprint density at radius 3 is 2.30 bits per heavy atom. The fourth-order valence-electron chi connectivity index (χ4n) is 3.18. The molecule has 2 aromatic carbocycles. The van der Waals surface area contributed by atoms with E-state index < -0.39 is 44.5 Å². The molecular formula is C19H16Cl2F4N2O5S. The first kappa shape index (κ1) is 25.2. The number of alkyl halides is 3. The van der Waals surface area contributed by atoms with Crippen molar-refractivity contribution in [2.24, 2.45) is 0 Å². The van der Waals surface area contributed by atoms with Crippen molar-refractivity contribution in [1.82, 2.24) is 4.72 Å². The Hall–Kier alpha value is -2.44. The van der Waals surface area contributed by atoms with Gasteiger partial charge in [-0.15, -0.1) is 13.2 Å². The summed E-state index contributed by atoms with van der Waals surface area (Å²) in [6.07, 6.45) is -4.11. The van der Waals surface area contributed by atoms with Crippen molar-refractivity contribution in [2.45, 2.75) is 18.9 Å². The molecule has 0 spiro atoms. The van der Waals surface area contributed by atoms with Crippen molar-refractivity contribution in [3.8, 4) is 11.5 Å². The van der Waals surface area contributed by atoms with Crippen LogP contribution in [0.1, 0.15) is 17.3 Å². The number of nitrogens with zero attached hydrogens (tertiary/aromatic N) is 1. The average molecular weight is 531 g/mol. The number of rotatable bonds is 6. The summed E-state index contributed by atoms with van der Waals surface area (Å²) in [7, 11) is -3.90. The molecule has 1 amide bonds. The van der Waals surface area contributed by atoms with E-state index in [9.17, 15) is 30.8 Å². The third-order valence-electron chi connectivity index (χ3n) is 4.46. The van der Waals surface area contributed by atoms with Gasteiger partial charge < -0.3 is 14.4 Å². The molecule has 0 bridgehead atoms. The zero-order valence-corrected chi connectivity index (χ0v) is 19.3. The lowest BCUT2D eigenvalue weighted by molar-refractivity contribution is -0.274. The van der Waals surface area contributed by atoms with Gasteiger partial charge in [-0.2, -0.15) is 0 Å². The summed E-state index contributed by atoms with van der Waals surface area (Å²) in [5, 5.41) is -0.656. The second-order valence-corrected chi connectivity index (χ2v) is 10.1. The van der Waals surface area contributed by atoms with Crippen molar-refractivity contribution in [2.75, 3.05) is 24.2 Å². The van der Waals surface area contributed by atoms with Gasteiger partial charge >= 0.3 is 6.36 Å². The highest BCUT2D eigenvalue weighted by Crippen LogP contribution is 2.38. The number of carbonyl (C=O) groups excluding carboxylic acids is 1. The molecule has 1 aliphatic heterocycles. The van der Waals surface area contributed by atoms with Gasteiger partial charge in [0.25, 0.3) is 5.91 Å². The predicted octanol–water partition coefficient (Wildman–Crippen LogP) is 4.38. The summed E-state index contributed by atoms with van der Waals surface area (Å²) < 4.78 is 85.4. The lowest BCUT2D eigenvalue weighted by atomic mass is 9.95. The Kier molecular flexibility index (Phi) is 6.66. The lowest BCUT2D eigenvalue weighted by Gasteiger charge is -2.49. The first-order chi connectivity index (χ1) is 15.1. The van der Waals surface area contributed by atoms with Gasteiger partial charge in [-0.1, -0.05) is 23.2 Å². The maximum atomic E-state index is 14.0. The largest absolute Gasteiger partial charge is 0.573 e. The molecule has 33 heavy (non-hydrogen) atoms. The quantitative estimate of drug-likeness (QED) is 0.558. The average Bonchev–Trinajstić information content (AvgIpc) is 2.61. The van der Waals surface area contributed by atoms with E-state index in [1.165, 1.54) is 12.1 Å². The summed E-state index contributed by atoms with van der Waals surface area (Å²) >= 11 is 11.6. The van der Waals surface area contributed by atoms with Crippen molar-refractivity contribution in [3.05, 3.63) is 51.8 Å². The molecule has 0 aromatic heterocycles. The Morgan fingerprint density at radius 1 is 1.12 bits per heavy atom. The molecule has 2 aromatic rings. The molecule has 0 unspecified atom stereocenters. The molecule has 1 N–H and O–H groups in total. The van der Waals surface area contributed by atoms with E-state index in [1.54, 1.807) is 16.5 Å². The Bertz CT molecular complexity index is 1200. The van der Waals surface area contributed by atoms with Crippen LogP contribution >= 0.6 is 23.2 Å². The van der Waals surface area contributed by atoms with Crippen LogP contribution < -0.4 is 19.1 Å². The van der Waals surface area contributed by atoms with Crippen LogP contribution in [0, 0.1) is 5.82 Å². The van der Waals surface area contributed by atoms with Gasteiger partial charge in [0.1, 0.15) is 22.9 Å². The Morgan fingerprint density at radius 2 is 1.76 bits per heavy atom. The van der Waals surface area contributed by atoms with Crippen LogP contribution in [0.15, 0.2) is 30.3 Å². The van der Waals surface area contributed by atoms with Crippen LogP contribution in [0.25, 0.3) is 0 Å². The zero-order valence-electron chi connectivity index (χ0n) is 17.0. The fourth-order valence-corrected chi connectivity index (χ4v) is 4.01. The van der Waals surface area contributed by atoms with Crippen LogP contribution in [0.3, 0.4) is 0 Å². The predicted molar refractivity (Wildman–Crippen MR) is 113 cm³/mol. The van der Waals surface area contributed by atoms with Crippen LogP contribution in [0.5, 0.6) is 11.5 Å². The third-order valence-corrected chi connectivity index (χ3v) is 5.60. The molecule has 0 saturated carbocycles. The number of sulfonamides is 1. The van der Waals surface area contributed by atoms with Gasteiger partial charge in [-0.3, -0.25) is 4.79 Å². The van der Waals surface area contributed by atoms with E-state index in [4.69, 9.17) is 27.9 Å². The highest BCUT2D eigenvalue weighted by Gasteiger charge is 2.42. The van der Waals surface area contributed by atoms with Crippen LogP contribution in [0.2, 0.25) is 10.0 Å². The van der Waals surface area contributed by atoms with Gasteiger partial charge in [-0.25, -0.2) is 17.5 Å². The maximum Gasteiger partial charge on any atom is 0.573 e. The van der Waals surface area contributed by atoms with Crippen molar-refractivity contribution in [3.63, 3.8) is 0 Å². The number of amides is 1. The van der Waals surface area contributed by atoms with Gasteiger partial charge in [-0.05, 0) is 31.2 Å². The molecule has 0 radical (unpaired) electrons. The second kappa shape index (κ2) is 8.73. The molecule has 1 fully saturated rings. The smallest absolute Gasteiger partial charge is 0.483 e. The lowest BCUT2D eigenvalue weighted by Crippen LogP contribution is -2.63. The molecule has 1 aliphatic rings. The number of carbonyl (C=O) groups is 1.